The molecule has 1 aromatic heterocycles. The van der Waals surface area contributed by atoms with Gasteiger partial charge in [-0.05, 0) is 23.8 Å². The number of fused-ring (bicyclic) bond motifs is 1. The van der Waals surface area contributed by atoms with Crippen LogP contribution in [0.2, 0.25) is 0 Å². The SMILES string of the molecule is CN1CC(c2nc3ccc(N4CCOCC4)cc3n2Cc2ccccc2)NCC1=O. The van der Waals surface area contributed by atoms with Crippen molar-refractivity contribution in [2.45, 2.75) is 12.6 Å². The van der Waals surface area contributed by atoms with E-state index in [1.807, 2.05) is 13.1 Å². The number of hydrogen-bond donors (Lipinski definition) is 1. The molecule has 0 spiro atoms. The van der Waals surface area contributed by atoms with Gasteiger partial charge in [-0.25, -0.2) is 4.98 Å². The first kappa shape index (κ1) is 19.1. The fraction of sp³-hybridized carbons (Fsp3) is 0.391. The summed E-state index contributed by atoms with van der Waals surface area (Å²) in [5.41, 5.74) is 4.55. The maximum Gasteiger partial charge on any atom is 0.236 e. The minimum Gasteiger partial charge on any atom is -0.378 e. The van der Waals surface area contributed by atoms with Gasteiger partial charge >= 0.3 is 0 Å². The van der Waals surface area contributed by atoms with Crippen LogP contribution in [0.15, 0.2) is 48.5 Å². The largest absolute Gasteiger partial charge is 0.378 e. The van der Waals surface area contributed by atoms with Crippen molar-refractivity contribution in [3.05, 3.63) is 59.9 Å². The van der Waals surface area contributed by atoms with Crippen molar-refractivity contribution in [1.82, 2.24) is 19.8 Å². The molecule has 3 aromatic rings. The van der Waals surface area contributed by atoms with Gasteiger partial charge in [0.1, 0.15) is 5.82 Å². The molecule has 5 rings (SSSR count). The number of hydrogen-bond acceptors (Lipinski definition) is 5. The van der Waals surface area contributed by atoms with Crippen LogP contribution in [0.3, 0.4) is 0 Å². The van der Waals surface area contributed by atoms with Gasteiger partial charge in [-0.3, -0.25) is 10.1 Å². The van der Waals surface area contributed by atoms with E-state index in [-0.39, 0.29) is 11.9 Å². The fourth-order valence-corrected chi connectivity index (χ4v) is 4.30. The summed E-state index contributed by atoms with van der Waals surface area (Å²) < 4.78 is 7.82. The molecular formula is C23H27N5O2. The van der Waals surface area contributed by atoms with Crippen molar-refractivity contribution in [2.24, 2.45) is 0 Å². The molecule has 1 amide bonds. The van der Waals surface area contributed by atoms with Crippen LogP contribution in [0, 0.1) is 0 Å². The number of nitrogens with one attached hydrogen (secondary N) is 1. The standard InChI is InChI=1S/C23H27N5O2/c1-26-16-20(24-14-22(26)29)23-25-19-8-7-18(27-9-11-30-12-10-27)13-21(19)28(23)15-17-5-3-2-4-6-17/h2-8,13,20,24H,9-12,14-16H2,1H3. The third-order valence-electron chi connectivity index (χ3n) is 6.01. The Morgan fingerprint density at radius 3 is 2.70 bits per heavy atom. The second kappa shape index (κ2) is 8.08. The molecular weight excluding hydrogens is 378 g/mol. The molecule has 2 aliphatic heterocycles. The topological polar surface area (TPSA) is 62.6 Å². The molecule has 0 bridgehead atoms. The third-order valence-corrected chi connectivity index (χ3v) is 6.01. The van der Waals surface area contributed by atoms with E-state index in [9.17, 15) is 4.79 Å². The zero-order valence-electron chi connectivity index (χ0n) is 17.3. The van der Waals surface area contributed by atoms with E-state index in [1.54, 1.807) is 4.90 Å². The quantitative estimate of drug-likeness (QED) is 0.720. The highest BCUT2D eigenvalue weighted by Gasteiger charge is 2.28. The number of aromatic nitrogens is 2. The Balaban J connectivity index is 1.57. The van der Waals surface area contributed by atoms with Crippen LogP contribution in [-0.4, -0.2) is 66.8 Å². The van der Waals surface area contributed by atoms with Crippen LogP contribution in [-0.2, 0) is 16.1 Å². The number of benzene rings is 2. The van der Waals surface area contributed by atoms with Crippen LogP contribution >= 0.6 is 0 Å². The van der Waals surface area contributed by atoms with Crippen molar-refractivity contribution in [3.8, 4) is 0 Å². The molecule has 2 saturated heterocycles. The van der Waals surface area contributed by atoms with E-state index in [0.29, 0.717) is 13.1 Å². The maximum absolute atomic E-state index is 12.0. The van der Waals surface area contributed by atoms with Crippen LogP contribution in [0.4, 0.5) is 5.69 Å². The number of anilines is 1. The normalized spacial score (nSPS) is 20.2. The van der Waals surface area contributed by atoms with Gasteiger partial charge in [-0.2, -0.15) is 0 Å². The van der Waals surface area contributed by atoms with E-state index in [1.165, 1.54) is 11.3 Å². The van der Waals surface area contributed by atoms with Gasteiger partial charge in [0.05, 0.1) is 36.8 Å². The van der Waals surface area contributed by atoms with E-state index >= 15 is 0 Å². The molecule has 3 heterocycles. The second-order valence-corrected chi connectivity index (χ2v) is 8.02. The molecule has 7 heteroatoms. The molecule has 0 saturated carbocycles. The fourth-order valence-electron chi connectivity index (χ4n) is 4.30. The average Bonchev–Trinajstić information content (AvgIpc) is 3.14. The van der Waals surface area contributed by atoms with Gasteiger partial charge in [0.15, 0.2) is 0 Å². The number of morpholine rings is 1. The molecule has 0 radical (unpaired) electrons. The van der Waals surface area contributed by atoms with Crippen molar-refractivity contribution in [1.29, 1.82) is 0 Å². The Morgan fingerprint density at radius 1 is 1.13 bits per heavy atom. The molecule has 0 aliphatic carbocycles. The van der Waals surface area contributed by atoms with Gasteiger partial charge in [-0.15, -0.1) is 0 Å². The predicted octanol–water partition coefficient (Wildman–Crippen LogP) is 2.02. The molecule has 1 unspecified atom stereocenters. The summed E-state index contributed by atoms with van der Waals surface area (Å²) in [4.78, 5) is 21.1. The number of likely N-dealkylation sites (N-methyl/N-ethyl adjacent to an activating group) is 1. The summed E-state index contributed by atoms with van der Waals surface area (Å²) in [5, 5.41) is 3.38. The van der Waals surface area contributed by atoms with Gasteiger partial charge in [-0.1, -0.05) is 30.3 Å². The zero-order chi connectivity index (χ0) is 20.5. The molecule has 2 aromatic carbocycles. The van der Waals surface area contributed by atoms with Gasteiger partial charge in [0.25, 0.3) is 0 Å². The minimum atomic E-state index is 0.00986. The van der Waals surface area contributed by atoms with Crippen LogP contribution in [0.5, 0.6) is 0 Å². The molecule has 2 aliphatic rings. The Hall–Kier alpha value is -2.90. The zero-order valence-corrected chi connectivity index (χ0v) is 17.3. The minimum absolute atomic E-state index is 0.00986. The monoisotopic (exact) mass is 405 g/mol. The summed E-state index contributed by atoms with van der Waals surface area (Å²) in [6.45, 7) is 5.04. The molecule has 156 valence electrons. The number of imidazole rings is 1. The Morgan fingerprint density at radius 2 is 1.93 bits per heavy atom. The number of ether oxygens (including phenoxy) is 1. The van der Waals surface area contributed by atoms with E-state index in [4.69, 9.17) is 9.72 Å². The van der Waals surface area contributed by atoms with Crippen LogP contribution in [0.1, 0.15) is 17.4 Å². The van der Waals surface area contributed by atoms with Crippen molar-refractivity contribution < 1.29 is 9.53 Å². The van der Waals surface area contributed by atoms with Gasteiger partial charge in [0.2, 0.25) is 5.91 Å². The van der Waals surface area contributed by atoms with Gasteiger partial charge < -0.3 is 19.1 Å². The summed E-state index contributed by atoms with van der Waals surface area (Å²) in [6.07, 6.45) is 0. The van der Waals surface area contributed by atoms with Crippen molar-refractivity contribution in [3.63, 3.8) is 0 Å². The Bertz CT molecular complexity index is 1040. The summed E-state index contributed by atoms with van der Waals surface area (Å²) in [7, 11) is 1.86. The maximum atomic E-state index is 12.0. The van der Waals surface area contributed by atoms with E-state index in [0.717, 1.165) is 49.7 Å². The van der Waals surface area contributed by atoms with Crippen LogP contribution in [0.25, 0.3) is 11.0 Å². The highest BCUT2D eigenvalue weighted by Crippen LogP contribution is 2.28. The predicted molar refractivity (Wildman–Crippen MR) is 117 cm³/mol. The lowest BCUT2D eigenvalue weighted by Crippen LogP contribution is -2.48. The number of piperazine rings is 1. The lowest BCUT2D eigenvalue weighted by molar-refractivity contribution is -0.131. The first-order valence-corrected chi connectivity index (χ1v) is 10.5. The summed E-state index contributed by atoms with van der Waals surface area (Å²) >= 11 is 0. The summed E-state index contributed by atoms with van der Waals surface area (Å²) in [5.74, 6) is 1.10. The molecule has 7 nitrogen and oxygen atoms in total. The van der Waals surface area contributed by atoms with E-state index in [2.05, 4.69) is 57.2 Å². The number of rotatable bonds is 4. The lowest BCUT2D eigenvalue weighted by Gasteiger charge is -2.31. The Kier molecular flexibility index (Phi) is 5.14. The number of carbonyl (C=O) groups is 1. The Labute approximate surface area is 176 Å². The molecule has 30 heavy (non-hydrogen) atoms. The van der Waals surface area contributed by atoms with Crippen LogP contribution < -0.4 is 10.2 Å². The number of carbonyl (C=O) groups excluding carboxylic acids is 1. The smallest absolute Gasteiger partial charge is 0.236 e. The average molecular weight is 406 g/mol. The van der Waals surface area contributed by atoms with Gasteiger partial charge in [0, 0.05) is 38.9 Å². The second-order valence-electron chi connectivity index (χ2n) is 8.02. The number of nitrogens with zero attached hydrogens (tertiary/aromatic N) is 4. The summed E-state index contributed by atoms with van der Waals surface area (Å²) in [6, 6.07) is 17.0. The van der Waals surface area contributed by atoms with Crippen molar-refractivity contribution in [2.75, 3.05) is 51.3 Å². The highest BCUT2D eigenvalue weighted by molar-refractivity contribution is 5.81. The van der Waals surface area contributed by atoms with E-state index < -0.39 is 0 Å². The first-order chi connectivity index (χ1) is 14.7. The molecule has 2 fully saturated rings. The third kappa shape index (κ3) is 3.66. The molecule has 1 atom stereocenters. The van der Waals surface area contributed by atoms with Crippen molar-refractivity contribution >= 4 is 22.6 Å². The molecule has 1 N–H and O–H groups in total. The lowest BCUT2D eigenvalue weighted by atomic mass is 10.1. The highest BCUT2D eigenvalue weighted by atomic mass is 16.5. The number of amides is 1. The first-order valence-electron chi connectivity index (χ1n) is 10.5.